The van der Waals surface area contributed by atoms with Crippen LogP contribution in [0.15, 0.2) is 0 Å². The predicted octanol–water partition coefficient (Wildman–Crippen LogP) is 2.73. The Bertz CT molecular complexity index is 532. The highest BCUT2D eigenvalue weighted by atomic mass is 19.4. The molecule has 0 aromatic carbocycles. The molecule has 2 rings (SSSR count). The average molecular weight is 390 g/mol. The van der Waals surface area contributed by atoms with E-state index in [1.165, 1.54) is 0 Å². The maximum absolute atomic E-state index is 13.1. The summed E-state index contributed by atoms with van der Waals surface area (Å²) in [5.74, 6) is -8.31. The first-order chi connectivity index (χ1) is 11.9. The van der Waals surface area contributed by atoms with Crippen LogP contribution in [0.4, 0.5) is 22.0 Å². The highest BCUT2D eigenvalue weighted by Gasteiger charge is 2.53. The quantitative estimate of drug-likeness (QED) is 0.531. The van der Waals surface area contributed by atoms with Gasteiger partial charge in [0.2, 0.25) is 5.79 Å². The zero-order valence-corrected chi connectivity index (χ0v) is 13.9. The Morgan fingerprint density at radius 2 is 1.88 bits per heavy atom. The van der Waals surface area contributed by atoms with Crippen LogP contribution < -0.4 is 0 Å². The van der Waals surface area contributed by atoms with Gasteiger partial charge in [-0.15, -0.1) is 0 Å². The van der Waals surface area contributed by atoms with E-state index in [4.69, 9.17) is 14.2 Å². The Morgan fingerprint density at radius 1 is 1.19 bits per heavy atom. The molecule has 1 aliphatic heterocycles. The van der Waals surface area contributed by atoms with E-state index in [1.807, 2.05) is 0 Å². The van der Waals surface area contributed by atoms with Crippen LogP contribution in [0.1, 0.15) is 39.0 Å². The fourth-order valence-electron chi connectivity index (χ4n) is 2.83. The molecule has 150 valence electrons. The number of esters is 2. The molecule has 26 heavy (non-hydrogen) atoms. The number of carbonyl (C=O) groups excluding carboxylic acids is 2. The van der Waals surface area contributed by atoms with Crippen molar-refractivity contribution in [1.82, 2.24) is 0 Å². The monoisotopic (exact) mass is 390 g/mol. The van der Waals surface area contributed by atoms with E-state index in [9.17, 15) is 31.5 Å². The van der Waals surface area contributed by atoms with Gasteiger partial charge in [-0.05, 0) is 19.3 Å². The Labute approximate surface area is 145 Å². The molecule has 3 unspecified atom stereocenters. The molecule has 1 aliphatic carbocycles. The van der Waals surface area contributed by atoms with Gasteiger partial charge in [0, 0.05) is 13.3 Å². The molecular formula is C15H19F5O6. The van der Waals surface area contributed by atoms with Crippen molar-refractivity contribution in [3.05, 3.63) is 0 Å². The van der Waals surface area contributed by atoms with Crippen LogP contribution in [0.25, 0.3) is 0 Å². The second kappa shape index (κ2) is 7.63. The molecule has 1 saturated heterocycles. The topological polar surface area (TPSA) is 71.1 Å². The van der Waals surface area contributed by atoms with E-state index < -0.39 is 55.1 Å². The number of hydrogen-bond acceptors (Lipinski definition) is 6. The van der Waals surface area contributed by atoms with Gasteiger partial charge in [-0.25, -0.2) is 4.79 Å². The summed E-state index contributed by atoms with van der Waals surface area (Å²) in [5, 5.41) is 0. The maximum atomic E-state index is 13.1. The van der Waals surface area contributed by atoms with Crippen molar-refractivity contribution in [2.75, 3.05) is 13.2 Å². The predicted molar refractivity (Wildman–Crippen MR) is 74.2 cm³/mol. The SMILES string of the molecule is CC(F)(F)C(=O)OC1CCCCC12OCC(COC(=O)CC(F)(F)F)O2. The molecule has 0 N–H and O–H groups in total. The van der Waals surface area contributed by atoms with Crippen LogP contribution >= 0.6 is 0 Å². The van der Waals surface area contributed by atoms with E-state index in [0.717, 1.165) is 0 Å². The van der Waals surface area contributed by atoms with Gasteiger partial charge in [0.15, 0.2) is 6.10 Å². The number of halogens is 5. The van der Waals surface area contributed by atoms with Gasteiger partial charge in [0.25, 0.3) is 0 Å². The molecule has 2 fully saturated rings. The minimum absolute atomic E-state index is 0.129. The van der Waals surface area contributed by atoms with Gasteiger partial charge < -0.3 is 18.9 Å². The van der Waals surface area contributed by atoms with Crippen molar-refractivity contribution in [3.8, 4) is 0 Å². The smallest absolute Gasteiger partial charge is 0.399 e. The maximum Gasteiger partial charge on any atom is 0.399 e. The average Bonchev–Trinajstić information content (AvgIpc) is 2.89. The van der Waals surface area contributed by atoms with Crippen molar-refractivity contribution < 1.29 is 50.5 Å². The summed E-state index contributed by atoms with van der Waals surface area (Å²) < 4.78 is 82.9. The lowest BCUT2D eigenvalue weighted by Crippen LogP contribution is -2.50. The fraction of sp³-hybridized carbons (Fsp3) is 0.867. The molecule has 1 heterocycles. The molecule has 11 heteroatoms. The van der Waals surface area contributed by atoms with Crippen LogP contribution in [0.3, 0.4) is 0 Å². The number of alkyl halides is 5. The minimum atomic E-state index is -4.68. The lowest BCUT2D eigenvalue weighted by atomic mass is 9.91. The van der Waals surface area contributed by atoms with Crippen molar-refractivity contribution in [2.45, 2.75) is 69.1 Å². The zero-order chi connectivity index (χ0) is 19.6. The first-order valence-electron chi connectivity index (χ1n) is 8.04. The second-order valence-electron chi connectivity index (χ2n) is 6.37. The number of carbonyl (C=O) groups is 2. The second-order valence-corrected chi connectivity index (χ2v) is 6.37. The van der Waals surface area contributed by atoms with Crippen molar-refractivity contribution in [3.63, 3.8) is 0 Å². The standard InChI is InChI=1S/C15H19F5O6/c1-13(16,17)12(22)25-10-4-2-3-5-14(10)24-8-9(26-14)7-23-11(21)6-15(18,19)20/h9-10H,2-8H2,1H3. The highest BCUT2D eigenvalue weighted by molar-refractivity contribution is 5.77. The van der Waals surface area contributed by atoms with E-state index in [2.05, 4.69) is 4.74 Å². The molecule has 1 saturated carbocycles. The van der Waals surface area contributed by atoms with Gasteiger partial charge >= 0.3 is 24.0 Å². The molecule has 1 spiro atoms. The molecule has 0 radical (unpaired) electrons. The molecule has 0 aromatic heterocycles. The van der Waals surface area contributed by atoms with Crippen LogP contribution in [0, 0.1) is 0 Å². The van der Waals surface area contributed by atoms with E-state index in [1.54, 1.807) is 0 Å². The van der Waals surface area contributed by atoms with Crippen molar-refractivity contribution in [2.24, 2.45) is 0 Å². The summed E-state index contributed by atoms with van der Waals surface area (Å²) in [4.78, 5) is 22.6. The Hall–Kier alpha value is -1.49. The van der Waals surface area contributed by atoms with Crippen molar-refractivity contribution in [1.29, 1.82) is 0 Å². The number of hydrogen-bond donors (Lipinski definition) is 0. The fourth-order valence-corrected chi connectivity index (χ4v) is 2.83. The van der Waals surface area contributed by atoms with Gasteiger partial charge in [-0.3, -0.25) is 4.79 Å². The van der Waals surface area contributed by atoms with Crippen LogP contribution in [-0.2, 0) is 28.5 Å². The summed E-state index contributed by atoms with van der Waals surface area (Å²) in [6.45, 7) is -0.207. The first kappa shape index (κ1) is 20.8. The summed E-state index contributed by atoms with van der Waals surface area (Å²) >= 11 is 0. The Morgan fingerprint density at radius 3 is 2.50 bits per heavy atom. The molecule has 3 atom stereocenters. The lowest BCUT2D eigenvalue weighted by Gasteiger charge is -2.39. The summed E-state index contributed by atoms with van der Waals surface area (Å²) in [6.07, 6.45) is -6.64. The molecule has 2 aliphatic rings. The van der Waals surface area contributed by atoms with Gasteiger partial charge in [0.05, 0.1) is 6.61 Å². The largest absolute Gasteiger partial charge is 0.463 e. The normalized spacial score (nSPS) is 29.6. The zero-order valence-electron chi connectivity index (χ0n) is 13.9. The minimum Gasteiger partial charge on any atom is -0.463 e. The third-order valence-corrected chi connectivity index (χ3v) is 3.99. The molecular weight excluding hydrogens is 371 g/mol. The number of ether oxygens (including phenoxy) is 4. The van der Waals surface area contributed by atoms with E-state index in [-0.39, 0.29) is 19.4 Å². The van der Waals surface area contributed by atoms with Crippen LogP contribution in [0.5, 0.6) is 0 Å². The van der Waals surface area contributed by atoms with Gasteiger partial charge in [-0.2, -0.15) is 22.0 Å². The molecule has 0 bridgehead atoms. The van der Waals surface area contributed by atoms with Gasteiger partial charge in [0.1, 0.15) is 19.1 Å². The van der Waals surface area contributed by atoms with Crippen LogP contribution in [-0.4, -0.2) is 55.2 Å². The van der Waals surface area contributed by atoms with Crippen LogP contribution in [0.2, 0.25) is 0 Å². The molecule has 0 amide bonds. The third-order valence-electron chi connectivity index (χ3n) is 3.99. The Balaban J connectivity index is 1.92. The lowest BCUT2D eigenvalue weighted by molar-refractivity contribution is -0.260. The third kappa shape index (κ3) is 5.50. The van der Waals surface area contributed by atoms with Crippen molar-refractivity contribution >= 4 is 11.9 Å². The highest BCUT2D eigenvalue weighted by Crippen LogP contribution is 2.40. The summed E-state index contributed by atoms with van der Waals surface area (Å²) in [7, 11) is 0. The Kier molecular flexibility index (Phi) is 6.11. The molecule has 0 aromatic rings. The number of rotatable bonds is 5. The van der Waals surface area contributed by atoms with E-state index in [0.29, 0.717) is 19.8 Å². The van der Waals surface area contributed by atoms with Gasteiger partial charge in [-0.1, -0.05) is 0 Å². The molecule has 6 nitrogen and oxygen atoms in total. The first-order valence-corrected chi connectivity index (χ1v) is 8.04. The summed E-state index contributed by atoms with van der Waals surface area (Å²) in [6, 6.07) is 0. The summed E-state index contributed by atoms with van der Waals surface area (Å²) in [5.41, 5.74) is 0. The van der Waals surface area contributed by atoms with E-state index >= 15 is 0 Å².